The average molecular weight is 409 g/mol. The Kier molecular flexibility index (Phi) is 5.28. The second-order valence-electron chi connectivity index (χ2n) is 7.90. The van der Waals surface area contributed by atoms with Crippen molar-refractivity contribution in [1.82, 2.24) is 4.98 Å². The third-order valence-electron chi connectivity index (χ3n) is 4.68. The normalized spacial score (nSPS) is 14.2. The van der Waals surface area contributed by atoms with Crippen molar-refractivity contribution in [3.8, 4) is 11.5 Å². The van der Waals surface area contributed by atoms with Gasteiger partial charge in [-0.15, -0.1) is 11.3 Å². The molecule has 0 aliphatic carbocycles. The molecule has 1 aliphatic heterocycles. The molecule has 0 saturated carbocycles. The lowest BCUT2D eigenvalue weighted by Crippen LogP contribution is -2.24. The molecule has 0 unspecified atom stereocenters. The van der Waals surface area contributed by atoms with E-state index >= 15 is 0 Å². The van der Waals surface area contributed by atoms with Crippen molar-refractivity contribution in [2.45, 2.75) is 45.8 Å². The fourth-order valence-electron chi connectivity index (χ4n) is 3.33. The summed E-state index contributed by atoms with van der Waals surface area (Å²) in [6, 6.07) is 13.7. The van der Waals surface area contributed by atoms with Crippen molar-refractivity contribution in [3.05, 3.63) is 69.7 Å². The smallest absolute Gasteiger partial charge is 0.231 e. The van der Waals surface area contributed by atoms with Gasteiger partial charge in [0.15, 0.2) is 11.5 Å². The van der Waals surface area contributed by atoms with Crippen LogP contribution in [0.1, 0.15) is 35.7 Å². The molecule has 1 amide bonds. The van der Waals surface area contributed by atoms with Crippen LogP contribution in [-0.2, 0) is 24.2 Å². The number of hydrogen-bond donors (Lipinski definition) is 1. The van der Waals surface area contributed by atoms with Gasteiger partial charge in [-0.3, -0.25) is 4.79 Å². The summed E-state index contributed by atoms with van der Waals surface area (Å²) in [7, 11) is 0. The highest BCUT2D eigenvalue weighted by atomic mass is 32.1. The molecule has 0 radical (unpaired) electrons. The summed E-state index contributed by atoms with van der Waals surface area (Å²) in [6.45, 7) is 6.51. The summed E-state index contributed by atoms with van der Waals surface area (Å²) in [5.41, 5.74) is 3.72. The number of benzene rings is 2. The summed E-state index contributed by atoms with van der Waals surface area (Å²) in [6.07, 6.45) is 1.12. The van der Waals surface area contributed by atoms with E-state index in [1.807, 2.05) is 48.7 Å². The van der Waals surface area contributed by atoms with E-state index in [4.69, 9.17) is 9.47 Å². The van der Waals surface area contributed by atoms with Gasteiger partial charge in [0.1, 0.15) is 17.2 Å². The van der Waals surface area contributed by atoms with Crippen LogP contribution in [0, 0.1) is 6.92 Å². The quantitative estimate of drug-likeness (QED) is 0.629. The second kappa shape index (κ2) is 7.87. The summed E-state index contributed by atoms with van der Waals surface area (Å²) in [4.78, 5) is 16.8. The molecule has 2 aromatic carbocycles. The number of thiazole rings is 1. The Hall–Kier alpha value is -2.86. The van der Waals surface area contributed by atoms with Crippen molar-refractivity contribution in [2.75, 3.05) is 5.32 Å². The maximum atomic E-state index is 12.3. The number of hydrogen-bond acceptors (Lipinski definition) is 5. The number of amides is 1. The van der Waals surface area contributed by atoms with Gasteiger partial charge >= 0.3 is 0 Å². The molecule has 3 aromatic rings. The monoisotopic (exact) mass is 408 g/mol. The number of carbonyl (C=O) groups excluding carboxylic acids is 1. The predicted molar refractivity (Wildman–Crippen MR) is 115 cm³/mol. The van der Waals surface area contributed by atoms with Crippen LogP contribution in [-0.4, -0.2) is 16.5 Å². The first kappa shape index (κ1) is 19.5. The highest BCUT2D eigenvalue weighted by molar-refractivity contribution is 7.09. The largest absolute Gasteiger partial charge is 0.483 e. The Balaban J connectivity index is 1.34. The zero-order valence-corrected chi connectivity index (χ0v) is 17.6. The molecule has 0 atom stereocenters. The summed E-state index contributed by atoms with van der Waals surface area (Å²) < 4.78 is 12.0. The molecule has 150 valence electrons. The number of anilines is 1. The van der Waals surface area contributed by atoms with Crippen LogP contribution in [0.25, 0.3) is 0 Å². The summed E-state index contributed by atoms with van der Waals surface area (Å²) >= 11 is 1.47. The molecule has 1 N–H and O–H groups in total. The minimum atomic E-state index is -0.208. The molecule has 0 bridgehead atoms. The first-order valence-corrected chi connectivity index (χ1v) is 10.5. The van der Waals surface area contributed by atoms with Gasteiger partial charge in [-0.1, -0.05) is 29.8 Å². The molecular formula is C23H24N2O3S. The van der Waals surface area contributed by atoms with Crippen molar-refractivity contribution in [2.24, 2.45) is 0 Å². The number of nitrogens with zero attached hydrogens (tertiary/aromatic N) is 1. The van der Waals surface area contributed by atoms with Gasteiger partial charge in [0.05, 0.1) is 12.1 Å². The van der Waals surface area contributed by atoms with Crippen LogP contribution in [0.15, 0.2) is 47.8 Å². The van der Waals surface area contributed by atoms with E-state index in [9.17, 15) is 4.79 Å². The highest BCUT2D eigenvalue weighted by Gasteiger charge is 2.32. The molecule has 0 fully saturated rings. The van der Waals surface area contributed by atoms with Crippen LogP contribution in [0.4, 0.5) is 5.69 Å². The fraction of sp³-hybridized carbons (Fsp3) is 0.304. The summed E-state index contributed by atoms with van der Waals surface area (Å²) in [5, 5.41) is 5.60. The van der Waals surface area contributed by atoms with Crippen LogP contribution in [0.2, 0.25) is 0 Å². The number of nitrogens with one attached hydrogen (secondary N) is 1. The lowest BCUT2D eigenvalue weighted by atomic mass is 10.0. The van der Waals surface area contributed by atoms with Gasteiger partial charge in [0.2, 0.25) is 5.91 Å². The van der Waals surface area contributed by atoms with Crippen molar-refractivity contribution in [3.63, 3.8) is 0 Å². The number of para-hydroxylation sites is 1. The first-order chi connectivity index (χ1) is 13.9. The molecule has 1 aliphatic rings. The molecule has 1 aromatic heterocycles. The molecule has 5 nitrogen and oxygen atoms in total. The van der Waals surface area contributed by atoms with Gasteiger partial charge in [0.25, 0.3) is 0 Å². The van der Waals surface area contributed by atoms with E-state index in [2.05, 4.69) is 30.2 Å². The minimum Gasteiger partial charge on any atom is -0.483 e. The van der Waals surface area contributed by atoms with Crippen molar-refractivity contribution in [1.29, 1.82) is 0 Å². The molecule has 2 heterocycles. The number of ether oxygens (including phenoxy) is 2. The van der Waals surface area contributed by atoms with E-state index in [-0.39, 0.29) is 17.9 Å². The standard InChI is InChI=1S/C23H24N2O3S/c1-15-7-9-17(10-8-15)24-20(26)11-21-25-18(14-29-21)13-27-19-6-4-5-16-12-23(2,3)28-22(16)19/h4-10,14H,11-13H2,1-3H3,(H,24,26). The molecule has 6 heteroatoms. The van der Waals surface area contributed by atoms with Crippen molar-refractivity contribution >= 4 is 22.9 Å². The molecule has 4 rings (SSSR count). The maximum absolute atomic E-state index is 12.3. The van der Waals surface area contributed by atoms with Gasteiger partial charge in [-0.25, -0.2) is 4.98 Å². The maximum Gasteiger partial charge on any atom is 0.231 e. The van der Waals surface area contributed by atoms with E-state index in [0.717, 1.165) is 39.9 Å². The van der Waals surface area contributed by atoms with Crippen molar-refractivity contribution < 1.29 is 14.3 Å². The average Bonchev–Trinajstić information content (AvgIpc) is 3.24. The number of carbonyl (C=O) groups is 1. The Morgan fingerprint density at radius 2 is 2.03 bits per heavy atom. The second-order valence-corrected chi connectivity index (χ2v) is 8.84. The molecule has 0 spiro atoms. The zero-order chi connectivity index (χ0) is 20.4. The zero-order valence-electron chi connectivity index (χ0n) is 16.8. The Morgan fingerprint density at radius 3 is 2.83 bits per heavy atom. The van der Waals surface area contributed by atoms with E-state index in [1.54, 1.807) is 0 Å². The minimum absolute atomic E-state index is 0.0767. The van der Waals surface area contributed by atoms with E-state index < -0.39 is 0 Å². The van der Waals surface area contributed by atoms with Gasteiger partial charge in [-0.2, -0.15) is 0 Å². The first-order valence-electron chi connectivity index (χ1n) is 9.61. The Labute approximate surface area is 174 Å². The number of aryl methyl sites for hydroxylation is 1. The fourth-order valence-corrected chi connectivity index (χ4v) is 4.11. The third kappa shape index (κ3) is 4.77. The van der Waals surface area contributed by atoms with Gasteiger partial charge in [-0.05, 0) is 39.0 Å². The van der Waals surface area contributed by atoms with E-state index in [1.165, 1.54) is 16.9 Å². The molecule has 29 heavy (non-hydrogen) atoms. The Bertz CT molecular complexity index is 1020. The third-order valence-corrected chi connectivity index (χ3v) is 5.57. The number of aromatic nitrogens is 1. The van der Waals surface area contributed by atoms with Crippen LogP contribution in [0.5, 0.6) is 11.5 Å². The van der Waals surface area contributed by atoms with Crippen LogP contribution >= 0.6 is 11.3 Å². The predicted octanol–water partition coefficient (Wildman–Crippen LogP) is 4.93. The number of rotatable bonds is 6. The number of fused-ring (bicyclic) bond motifs is 1. The van der Waals surface area contributed by atoms with Crippen LogP contribution < -0.4 is 14.8 Å². The molecular weight excluding hydrogens is 384 g/mol. The van der Waals surface area contributed by atoms with E-state index in [0.29, 0.717) is 6.61 Å². The highest BCUT2D eigenvalue weighted by Crippen LogP contribution is 2.41. The molecule has 0 saturated heterocycles. The SMILES string of the molecule is Cc1ccc(NC(=O)Cc2nc(COc3cccc4c3OC(C)(C)C4)cs2)cc1. The van der Waals surface area contributed by atoms with Gasteiger partial charge in [0, 0.05) is 23.1 Å². The summed E-state index contributed by atoms with van der Waals surface area (Å²) in [5.74, 6) is 1.48. The van der Waals surface area contributed by atoms with Gasteiger partial charge < -0.3 is 14.8 Å². The lowest BCUT2D eigenvalue weighted by molar-refractivity contribution is -0.115. The topological polar surface area (TPSA) is 60.5 Å². The lowest BCUT2D eigenvalue weighted by Gasteiger charge is -2.18. The van der Waals surface area contributed by atoms with Crippen LogP contribution in [0.3, 0.4) is 0 Å². The Morgan fingerprint density at radius 1 is 1.24 bits per heavy atom.